The zero-order valence-corrected chi connectivity index (χ0v) is 34.5. The Kier molecular flexibility index (Phi) is 15.0. The summed E-state index contributed by atoms with van der Waals surface area (Å²) >= 11 is -1.08. The summed E-state index contributed by atoms with van der Waals surface area (Å²) in [6.45, 7) is 9.56. The van der Waals surface area contributed by atoms with Gasteiger partial charge in [-0.1, -0.05) is 60.7 Å². The Hall–Kier alpha value is -1.91. The van der Waals surface area contributed by atoms with E-state index in [9.17, 15) is 0 Å². The number of allylic oxidation sites excluding steroid dienone is 2. The second kappa shape index (κ2) is 19.3. The van der Waals surface area contributed by atoms with Crippen molar-refractivity contribution in [3.05, 3.63) is 153 Å². The molecule has 0 radical (unpaired) electrons. The third-order valence-electron chi connectivity index (χ3n) is 9.24. The summed E-state index contributed by atoms with van der Waals surface area (Å²) in [6.07, 6.45) is 18.6. The van der Waals surface area contributed by atoms with Crippen molar-refractivity contribution < 1.29 is 22.9 Å². The summed E-state index contributed by atoms with van der Waals surface area (Å²) in [5.74, 6) is 0. The molecule has 0 heterocycles. The van der Waals surface area contributed by atoms with Gasteiger partial charge in [-0.2, -0.15) is 0 Å². The Balaban J connectivity index is 0.000000257. The molecule has 2 unspecified atom stereocenters. The largest absolute Gasteiger partial charge is 0.0622 e. The molecule has 0 nitrogen and oxygen atoms in total. The molecular weight excluding hydrogens is 769 g/mol. The Morgan fingerprint density at radius 3 is 1.15 bits per heavy atom. The van der Waals surface area contributed by atoms with Crippen molar-refractivity contribution in [2.24, 2.45) is 0 Å². The average molecular weight is 823 g/mol. The number of rotatable bonds is 15. The minimum atomic E-state index is -1.08. The zero-order valence-electron chi connectivity index (χ0n) is 29.2. The molecule has 0 fully saturated rings. The van der Waals surface area contributed by atoms with Crippen molar-refractivity contribution in [3.8, 4) is 0 Å². The maximum absolute atomic E-state index is 2.66. The normalized spacial score (nSPS) is 16.3. The second-order valence-corrected chi connectivity index (χ2v) is 23.2. The molecule has 244 valence electrons. The van der Waals surface area contributed by atoms with Gasteiger partial charge in [0, 0.05) is 0 Å². The van der Waals surface area contributed by atoms with Gasteiger partial charge in [-0.15, -0.1) is 0 Å². The number of aryl methyl sites for hydroxylation is 2. The van der Waals surface area contributed by atoms with Gasteiger partial charge in [-0.25, -0.2) is 0 Å². The van der Waals surface area contributed by atoms with E-state index in [1.54, 1.807) is 22.3 Å². The van der Waals surface area contributed by atoms with Crippen molar-refractivity contribution >= 4 is 28.0 Å². The van der Waals surface area contributed by atoms with Gasteiger partial charge in [-0.3, -0.25) is 0 Å². The van der Waals surface area contributed by atoms with Crippen molar-refractivity contribution in [1.29, 1.82) is 0 Å². The van der Waals surface area contributed by atoms with Crippen molar-refractivity contribution in [1.82, 2.24) is 0 Å². The smallest absolute Gasteiger partial charge is 0.0238 e. The molecule has 4 aromatic carbocycles. The predicted octanol–water partition coefficient (Wildman–Crippen LogP) is 13.3. The van der Waals surface area contributed by atoms with E-state index in [4.69, 9.17) is 0 Å². The molecule has 6 rings (SSSR count). The van der Waals surface area contributed by atoms with Crippen LogP contribution in [0.5, 0.6) is 0 Å². The Labute approximate surface area is 300 Å². The molecule has 2 aliphatic carbocycles. The van der Waals surface area contributed by atoms with Crippen LogP contribution in [0.2, 0.25) is 0 Å². The van der Waals surface area contributed by atoms with Crippen LogP contribution in [0.15, 0.2) is 120 Å². The van der Waals surface area contributed by atoms with Crippen molar-refractivity contribution in [2.45, 2.75) is 73.6 Å². The number of fused-ring (bicyclic) bond motifs is 2. The fourth-order valence-corrected chi connectivity index (χ4v) is 23.7. The number of hydrogen-bond donors (Lipinski definition) is 0. The van der Waals surface area contributed by atoms with Crippen LogP contribution in [0, 0.1) is 0 Å². The third kappa shape index (κ3) is 9.84. The molecule has 0 aromatic heterocycles. The molecule has 0 amide bonds. The van der Waals surface area contributed by atoms with E-state index in [1.807, 2.05) is 10.6 Å². The monoisotopic (exact) mass is 824 g/mol. The van der Waals surface area contributed by atoms with E-state index in [-0.39, 0.29) is 15.8 Å². The molecule has 0 spiro atoms. The number of benzene rings is 4. The first-order valence-corrected chi connectivity index (χ1v) is 25.7. The fourth-order valence-electron chi connectivity index (χ4n) is 7.08. The molecule has 3 heteroatoms. The molecule has 2 atom stereocenters. The molecule has 47 heavy (non-hydrogen) atoms. The van der Waals surface area contributed by atoms with Crippen LogP contribution in [0.25, 0.3) is 12.2 Å². The molecule has 0 aliphatic heterocycles. The topological polar surface area (TPSA) is 0 Å². The van der Waals surface area contributed by atoms with E-state index in [0.29, 0.717) is 0 Å². The van der Waals surface area contributed by atoms with Gasteiger partial charge in [-0.05, 0) is 24.0 Å². The SMILES string of the molecule is CCCP(CCC)C1=Cc2ccccc2[CH]1[Hf][CH]1C(P(CCC)CCC)=Cc2ccccc21.c1ccc(CCc2ccccc2)cc1. The molecule has 0 N–H and O–H groups in total. The standard InChI is InChI=1S/2C15H20P.C14H14.Hf/c2*1-3-9-16(10-4-2)15-11-13-7-5-6-8-14(13)12-15;1-3-7-13(8-4-1)11-12-14-9-5-2-6-10-14;/h2*5-8,11-12H,3-4,9-10H2,1-2H3;1-10H,11-12H2;. The van der Waals surface area contributed by atoms with E-state index < -0.39 is 22.9 Å². The number of hydrogen-bond acceptors (Lipinski definition) is 0. The van der Waals surface area contributed by atoms with Crippen LogP contribution in [-0.4, -0.2) is 24.6 Å². The fraction of sp³-hybridized carbons (Fsp3) is 0.364. The first kappa shape index (κ1) is 36.4. The van der Waals surface area contributed by atoms with Gasteiger partial charge in [0.2, 0.25) is 0 Å². The maximum atomic E-state index is 2.66. The third-order valence-corrected chi connectivity index (χ3v) is 24.0. The van der Waals surface area contributed by atoms with Gasteiger partial charge in [0.25, 0.3) is 0 Å². The average Bonchev–Trinajstić information content (AvgIpc) is 3.67. The first-order valence-electron chi connectivity index (χ1n) is 18.1. The molecule has 0 saturated heterocycles. The Morgan fingerprint density at radius 2 is 0.787 bits per heavy atom. The summed E-state index contributed by atoms with van der Waals surface area (Å²) in [5.41, 5.74) is 9.30. The Morgan fingerprint density at radius 1 is 0.447 bits per heavy atom. The van der Waals surface area contributed by atoms with Crippen LogP contribution in [-0.2, 0) is 35.7 Å². The van der Waals surface area contributed by atoms with Gasteiger partial charge < -0.3 is 0 Å². The minimum Gasteiger partial charge on any atom is -0.0622 e. The van der Waals surface area contributed by atoms with Gasteiger partial charge >= 0.3 is 218 Å². The van der Waals surface area contributed by atoms with Crippen LogP contribution < -0.4 is 0 Å². The molecule has 0 saturated carbocycles. The van der Waals surface area contributed by atoms with Gasteiger partial charge in [0.15, 0.2) is 0 Å². The molecule has 2 aliphatic rings. The van der Waals surface area contributed by atoms with Crippen LogP contribution in [0.4, 0.5) is 0 Å². The summed E-state index contributed by atoms with van der Waals surface area (Å²) in [7, 11) is 0.0348. The van der Waals surface area contributed by atoms with Crippen molar-refractivity contribution in [2.75, 3.05) is 24.6 Å². The first-order chi connectivity index (χ1) is 23.2. The van der Waals surface area contributed by atoms with E-state index >= 15 is 0 Å². The van der Waals surface area contributed by atoms with Gasteiger partial charge in [0.1, 0.15) is 0 Å². The van der Waals surface area contributed by atoms with Gasteiger partial charge in [0.05, 0.1) is 0 Å². The van der Waals surface area contributed by atoms with E-state index in [0.717, 1.165) is 20.2 Å². The van der Waals surface area contributed by atoms with E-state index in [1.165, 1.54) is 61.5 Å². The molecule has 0 bridgehead atoms. The zero-order chi connectivity index (χ0) is 32.8. The predicted molar refractivity (Wildman–Crippen MR) is 209 cm³/mol. The van der Waals surface area contributed by atoms with Crippen LogP contribution >= 0.6 is 15.8 Å². The molecular formula is C44H54HfP2. The Bertz CT molecular complexity index is 1440. The summed E-state index contributed by atoms with van der Waals surface area (Å²) in [4.78, 5) is 0. The molecule has 4 aromatic rings. The van der Waals surface area contributed by atoms with Crippen LogP contribution in [0.1, 0.15) is 94.1 Å². The summed E-state index contributed by atoms with van der Waals surface area (Å²) in [5, 5.41) is 3.77. The van der Waals surface area contributed by atoms with E-state index in [2.05, 4.69) is 149 Å². The minimum absolute atomic E-state index is 0.0174. The quantitative estimate of drug-likeness (QED) is 0.0828. The van der Waals surface area contributed by atoms with Crippen molar-refractivity contribution in [3.63, 3.8) is 0 Å². The maximum Gasteiger partial charge on any atom is -0.0238 e. The second-order valence-electron chi connectivity index (χ2n) is 12.9. The van der Waals surface area contributed by atoms with Crippen LogP contribution in [0.3, 0.4) is 0 Å². The summed E-state index contributed by atoms with van der Waals surface area (Å²) < 4.78 is 1.59. The summed E-state index contributed by atoms with van der Waals surface area (Å²) in [6, 6.07) is 40.1.